The summed E-state index contributed by atoms with van der Waals surface area (Å²) < 4.78 is 1.36. The van der Waals surface area contributed by atoms with Crippen LogP contribution < -0.4 is 0 Å². The van der Waals surface area contributed by atoms with Crippen molar-refractivity contribution in [2.24, 2.45) is 0 Å². The van der Waals surface area contributed by atoms with E-state index in [9.17, 15) is 0 Å². The lowest BCUT2D eigenvalue weighted by Crippen LogP contribution is -2.42. The highest BCUT2D eigenvalue weighted by molar-refractivity contribution is 7.17. The standard InChI is InChI=1S/C14H18ClNS/c1-14(2,10-15)16(3)8-11-9-17-13-7-5-4-6-12(11)13/h4-7,9H,8,10H2,1-3H3. The maximum absolute atomic E-state index is 6.01. The largest absolute Gasteiger partial charge is 0.296 e. The Hall–Kier alpha value is -0.570. The zero-order chi connectivity index (χ0) is 12.5. The summed E-state index contributed by atoms with van der Waals surface area (Å²) in [7, 11) is 2.13. The topological polar surface area (TPSA) is 3.24 Å². The van der Waals surface area contributed by atoms with Crippen molar-refractivity contribution in [2.75, 3.05) is 12.9 Å². The molecule has 0 saturated carbocycles. The molecule has 0 aliphatic carbocycles. The zero-order valence-corrected chi connectivity index (χ0v) is 12.1. The first-order chi connectivity index (χ1) is 8.04. The maximum Gasteiger partial charge on any atom is 0.0402 e. The second-order valence-electron chi connectivity index (χ2n) is 5.06. The highest BCUT2D eigenvalue weighted by Crippen LogP contribution is 2.28. The lowest BCUT2D eigenvalue weighted by atomic mass is 10.1. The van der Waals surface area contributed by atoms with Crippen molar-refractivity contribution in [2.45, 2.75) is 25.9 Å². The zero-order valence-electron chi connectivity index (χ0n) is 10.5. The lowest BCUT2D eigenvalue weighted by Gasteiger charge is -2.33. The number of alkyl halides is 1. The van der Waals surface area contributed by atoms with Crippen LogP contribution >= 0.6 is 22.9 Å². The Labute approximate surface area is 112 Å². The fourth-order valence-corrected chi connectivity index (χ4v) is 2.88. The smallest absolute Gasteiger partial charge is 0.0402 e. The molecule has 0 aliphatic heterocycles. The van der Waals surface area contributed by atoms with Gasteiger partial charge in [0.2, 0.25) is 0 Å². The predicted octanol–water partition coefficient (Wildman–Crippen LogP) is 4.35. The molecule has 1 aromatic carbocycles. The first-order valence-corrected chi connectivity index (χ1v) is 7.18. The SMILES string of the molecule is CN(Cc1csc2ccccc12)C(C)(C)CCl. The third kappa shape index (κ3) is 2.65. The Morgan fingerprint density at radius 1 is 1.29 bits per heavy atom. The van der Waals surface area contributed by atoms with Gasteiger partial charge in [-0.25, -0.2) is 0 Å². The van der Waals surface area contributed by atoms with Crippen molar-refractivity contribution in [1.29, 1.82) is 0 Å². The fraction of sp³-hybridized carbons (Fsp3) is 0.429. The molecule has 17 heavy (non-hydrogen) atoms. The van der Waals surface area contributed by atoms with Crippen LogP contribution in [0.25, 0.3) is 10.1 Å². The Morgan fingerprint density at radius 3 is 2.71 bits per heavy atom. The van der Waals surface area contributed by atoms with Gasteiger partial charge in [-0.2, -0.15) is 0 Å². The van der Waals surface area contributed by atoms with Crippen molar-refractivity contribution in [3.8, 4) is 0 Å². The quantitative estimate of drug-likeness (QED) is 0.745. The normalized spacial score (nSPS) is 12.5. The van der Waals surface area contributed by atoms with Crippen LogP contribution in [0.2, 0.25) is 0 Å². The summed E-state index contributed by atoms with van der Waals surface area (Å²) >= 11 is 7.82. The van der Waals surface area contributed by atoms with Crippen LogP contribution in [-0.2, 0) is 6.54 Å². The Kier molecular flexibility index (Phi) is 3.76. The summed E-state index contributed by atoms with van der Waals surface area (Å²) in [5.74, 6) is 0.644. The molecule has 0 fully saturated rings. The molecular weight excluding hydrogens is 250 g/mol. The van der Waals surface area contributed by atoms with Gasteiger partial charge in [0.1, 0.15) is 0 Å². The average molecular weight is 268 g/mol. The minimum absolute atomic E-state index is 0.0323. The van der Waals surface area contributed by atoms with Crippen molar-refractivity contribution in [3.63, 3.8) is 0 Å². The van der Waals surface area contributed by atoms with Crippen LogP contribution in [0.1, 0.15) is 19.4 Å². The predicted molar refractivity (Wildman–Crippen MR) is 78.1 cm³/mol. The molecule has 1 heterocycles. The van der Waals surface area contributed by atoms with E-state index in [1.807, 2.05) is 11.3 Å². The van der Waals surface area contributed by atoms with E-state index in [0.29, 0.717) is 5.88 Å². The summed E-state index contributed by atoms with van der Waals surface area (Å²) in [6, 6.07) is 8.57. The molecule has 0 bridgehead atoms. The molecule has 0 saturated heterocycles. The van der Waals surface area contributed by atoms with E-state index in [1.54, 1.807) is 0 Å². The molecule has 0 amide bonds. The molecule has 0 aliphatic rings. The number of halogens is 1. The van der Waals surface area contributed by atoms with E-state index < -0.39 is 0 Å². The van der Waals surface area contributed by atoms with Crippen molar-refractivity contribution >= 4 is 33.0 Å². The van der Waals surface area contributed by atoms with Crippen molar-refractivity contribution in [3.05, 3.63) is 35.2 Å². The molecular formula is C14H18ClNS. The van der Waals surface area contributed by atoms with Gasteiger partial charge in [0.25, 0.3) is 0 Å². The van der Waals surface area contributed by atoms with E-state index >= 15 is 0 Å². The average Bonchev–Trinajstić information content (AvgIpc) is 2.73. The number of fused-ring (bicyclic) bond motifs is 1. The van der Waals surface area contributed by atoms with Crippen LogP contribution in [0, 0.1) is 0 Å². The first-order valence-electron chi connectivity index (χ1n) is 5.77. The molecule has 2 rings (SSSR count). The molecule has 1 aromatic heterocycles. The lowest BCUT2D eigenvalue weighted by molar-refractivity contribution is 0.171. The number of nitrogens with zero attached hydrogens (tertiary/aromatic N) is 1. The summed E-state index contributed by atoms with van der Waals surface area (Å²) in [5.41, 5.74) is 1.43. The number of benzene rings is 1. The van der Waals surface area contributed by atoms with Gasteiger partial charge in [-0.05, 0) is 43.3 Å². The summed E-state index contributed by atoms with van der Waals surface area (Å²) in [4.78, 5) is 2.31. The summed E-state index contributed by atoms with van der Waals surface area (Å²) in [6.45, 7) is 5.30. The van der Waals surface area contributed by atoms with Crippen LogP contribution in [-0.4, -0.2) is 23.4 Å². The van der Waals surface area contributed by atoms with Crippen molar-refractivity contribution in [1.82, 2.24) is 4.90 Å². The van der Waals surface area contributed by atoms with Gasteiger partial charge in [-0.1, -0.05) is 18.2 Å². The van der Waals surface area contributed by atoms with Crippen LogP contribution in [0.3, 0.4) is 0 Å². The molecule has 0 radical (unpaired) electrons. The van der Waals surface area contributed by atoms with Gasteiger partial charge in [0, 0.05) is 22.7 Å². The minimum atomic E-state index is 0.0323. The molecule has 0 spiro atoms. The van der Waals surface area contributed by atoms with Gasteiger partial charge in [0.15, 0.2) is 0 Å². The molecule has 2 aromatic rings. The van der Waals surface area contributed by atoms with Gasteiger partial charge < -0.3 is 0 Å². The fourth-order valence-electron chi connectivity index (χ4n) is 1.73. The van der Waals surface area contributed by atoms with Gasteiger partial charge in [0.05, 0.1) is 0 Å². The van der Waals surface area contributed by atoms with Crippen LogP contribution in [0.4, 0.5) is 0 Å². The Morgan fingerprint density at radius 2 is 2.00 bits per heavy atom. The minimum Gasteiger partial charge on any atom is -0.296 e. The van der Waals surface area contributed by atoms with Gasteiger partial charge in [-0.15, -0.1) is 22.9 Å². The highest BCUT2D eigenvalue weighted by atomic mass is 35.5. The number of hydrogen-bond donors (Lipinski definition) is 0. The van der Waals surface area contributed by atoms with Crippen molar-refractivity contribution < 1.29 is 0 Å². The maximum atomic E-state index is 6.01. The van der Waals surface area contributed by atoms with E-state index in [1.165, 1.54) is 15.6 Å². The molecule has 0 atom stereocenters. The van der Waals surface area contributed by atoms with E-state index in [0.717, 1.165) is 6.54 Å². The second-order valence-corrected chi connectivity index (χ2v) is 6.24. The van der Waals surface area contributed by atoms with E-state index in [-0.39, 0.29) is 5.54 Å². The molecule has 92 valence electrons. The van der Waals surface area contributed by atoms with E-state index in [4.69, 9.17) is 11.6 Å². The number of hydrogen-bond acceptors (Lipinski definition) is 2. The third-order valence-electron chi connectivity index (χ3n) is 3.33. The van der Waals surface area contributed by atoms with Gasteiger partial charge >= 0.3 is 0 Å². The Bertz CT molecular complexity index is 504. The molecule has 0 unspecified atom stereocenters. The first kappa shape index (κ1) is 12.9. The monoisotopic (exact) mass is 267 g/mol. The Balaban J connectivity index is 2.24. The highest BCUT2D eigenvalue weighted by Gasteiger charge is 2.22. The number of rotatable bonds is 4. The molecule has 3 heteroatoms. The van der Waals surface area contributed by atoms with Gasteiger partial charge in [-0.3, -0.25) is 4.90 Å². The summed E-state index contributed by atoms with van der Waals surface area (Å²) in [5, 5.41) is 3.63. The van der Waals surface area contributed by atoms with Crippen LogP contribution in [0.15, 0.2) is 29.6 Å². The number of thiophene rings is 1. The summed E-state index contributed by atoms with van der Waals surface area (Å²) in [6.07, 6.45) is 0. The molecule has 0 N–H and O–H groups in total. The third-order valence-corrected chi connectivity index (χ3v) is 5.00. The van der Waals surface area contributed by atoms with E-state index in [2.05, 4.69) is 55.4 Å². The van der Waals surface area contributed by atoms with Crippen LogP contribution in [0.5, 0.6) is 0 Å². The molecule has 1 nitrogen and oxygen atoms in total. The second kappa shape index (κ2) is 4.97.